The van der Waals surface area contributed by atoms with E-state index in [9.17, 15) is 0 Å². The molecule has 1 aromatic carbocycles. The van der Waals surface area contributed by atoms with E-state index in [0.717, 1.165) is 14.6 Å². The molecule has 0 aliphatic heterocycles. The van der Waals surface area contributed by atoms with Crippen LogP contribution in [0.5, 0.6) is 0 Å². The van der Waals surface area contributed by atoms with E-state index in [0.29, 0.717) is 5.46 Å². The Morgan fingerprint density at radius 2 is 2.07 bits per heavy atom. The molecule has 2 nitrogen and oxygen atoms in total. The lowest BCUT2D eigenvalue weighted by molar-refractivity contribution is 0.426. The van der Waals surface area contributed by atoms with Gasteiger partial charge in [0.1, 0.15) is 0 Å². The van der Waals surface area contributed by atoms with Gasteiger partial charge in [-0.2, -0.15) is 0 Å². The smallest absolute Gasteiger partial charge is 0.423 e. The summed E-state index contributed by atoms with van der Waals surface area (Å²) in [4.78, 5) is 1.20. The summed E-state index contributed by atoms with van der Waals surface area (Å²) < 4.78 is 2.19. The van der Waals surface area contributed by atoms with Crippen LogP contribution in [0.4, 0.5) is 0 Å². The van der Waals surface area contributed by atoms with Gasteiger partial charge in [-0.15, -0.1) is 11.3 Å². The fourth-order valence-corrected chi connectivity index (χ4v) is 3.01. The lowest BCUT2D eigenvalue weighted by atomic mass is 9.80. The third-order valence-electron chi connectivity index (χ3n) is 2.11. The molecule has 0 spiro atoms. The molecule has 0 fully saturated rings. The number of aryl methyl sites for hydroxylation is 1. The lowest BCUT2D eigenvalue weighted by Gasteiger charge is -1.98. The minimum atomic E-state index is -1.40. The summed E-state index contributed by atoms with van der Waals surface area (Å²) in [5.41, 5.74) is 0.524. The molecule has 1 heterocycles. The Morgan fingerprint density at radius 1 is 1.36 bits per heavy atom. The van der Waals surface area contributed by atoms with Crippen LogP contribution in [-0.4, -0.2) is 17.2 Å². The van der Waals surface area contributed by atoms with Gasteiger partial charge >= 0.3 is 7.12 Å². The molecule has 1 aromatic heterocycles. The average molecular weight is 271 g/mol. The largest absolute Gasteiger partial charge is 0.488 e. The van der Waals surface area contributed by atoms with Crippen LogP contribution in [0.1, 0.15) is 4.88 Å². The molecule has 0 atom stereocenters. The maximum atomic E-state index is 9.02. The fraction of sp³-hybridized carbons (Fsp3) is 0.111. The van der Waals surface area contributed by atoms with Gasteiger partial charge in [0.15, 0.2) is 0 Å². The zero-order chi connectivity index (χ0) is 10.3. The van der Waals surface area contributed by atoms with Crippen molar-refractivity contribution in [2.45, 2.75) is 6.92 Å². The van der Waals surface area contributed by atoms with Crippen molar-refractivity contribution in [3.63, 3.8) is 0 Å². The predicted octanol–water partition coefficient (Wildman–Crippen LogP) is 1.65. The number of rotatable bonds is 1. The van der Waals surface area contributed by atoms with Crippen molar-refractivity contribution in [3.05, 3.63) is 27.5 Å². The highest BCUT2D eigenvalue weighted by molar-refractivity contribution is 9.10. The number of hydrogen-bond donors (Lipinski definition) is 2. The highest BCUT2D eigenvalue weighted by Gasteiger charge is 2.13. The maximum absolute atomic E-state index is 9.02. The van der Waals surface area contributed by atoms with Crippen LogP contribution in [0.2, 0.25) is 0 Å². The Hall–Kier alpha value is -0.355. The van der Waals surface area contributed by atoms with E-state index in [4.69, 9.17) is 10.0 Å². The van der Waals surface area contributed by atoms with E-state index < -0.39 is 7.12 Å². The Morgan fingerprint density at radius 3 is 2.71 bits per heavy atom. The van der Waals surface area contributed by atoms with Crippen molar-refractivity contribution in [3.8, 4) is 0 Å². The van der Waals surface area contributed by atoms with Gasteiger partial charge in [0.05, 0.1) is 0 Å². The van der Waals surface area contributed by atoms with Crippen LogP contribution in [0.25, 0.3) is 10.1 Å². The number of benzene rings is 1. The Kier molecular flexibility index (Phi) is 2.66. The van der Waals surface area contributed by atoms with Crippen molar-refractivity contribution in [1.82, 2.24) is 0 Å². The first-order valence-corrected chi connectivity index (χ1v) is 5.75. The molecule has 2 aromatic rings. The molecule has 0 amide bonds. The first-order valence-electron chi connectivity index (χ1n) is 4.14. The minimum absolute atomic E-state index is 0.524. The van der Waals surface area contributed by atoms with E-state index in [-0.39, 0.29) is 0 Å². The summed E-state index contributed by atoms with van der Waals surface area (Å²) in [5, 5.41) is 19.1. The summed E-state index contributed by atoms with van der Waals surface area (Å²) in [7, 11) is -1.40. The van der Waals surface area contributed by atoms with Gasteiger partial charge in [-0.3, -0.25) is 0 Å². The number of halogens is 1. The van der Waals surface area contributed by atoms with Crippen LogP contribution in [0.15, 0.2) is 22.7 Å². The Balaban J connectivity index is 2.69. The van der Waals surface area contributed by atoms with Crippen molar-refractivity contribution < 1.29 is 10.0 Å². The van der Waals surface area contributed by atoms with Gasteiger partial charge in [-0.25, -0.2) is 0 Å². The Labute approximate surface area is 94.5 Å². The molecule has 14 heavy (non-hydrogen) atoms. The number of thiophene rings is 1. The molecule has 2 N–H and O–H groups in total. The van der Waals surface area contributed by atoms with Crippen LogP contribution in [-0.2, 0) is 0 Å². The van der Waals surface area contributed by atoms with Crippen molar-refractivity contribution in [1.29, 1.82) is 0 Å². The van der Waals surface area contributed by atoms with Gasteiger partial charge in [-0.1, -0.05) is 12.1 Å². The van der Waals surface area contributed by atoms with Crippen LogP contribution < -0.4 is 5.46 Å². The molecule has 0 aliphatic rings. The van der Waals surface area contributed by atoms with Gasteiger partial charge in [0.2, 0.25) is 0 Å². The molecule has 0 bridgehead atoms. The molecular weight excluding hydrogens is 263 g/mol. The predicted molar refractivity (Wildman–Crippen MR) is 64.1 cm³/mol. The molecule has 5 heteroatoms. The van der Waals surface area contributed by atoms with E-state index in [1.54, 1.807) is 23.5 Å². The second-order valence-corrected chi connectivity index (χ2v) is 5.15. The van der Waals surface area contributed by atoms with Crippen LogP contribution in [0, 0.1) is 6.92 Å². The standard InChI is InChI=1S/C9H8BBrO2S/c1-5-9(11)7-4-6(10(12)13)2-3-8(7)14-5/h2-4,12-13H,1H3. The molecule has 0 aliphatic carbocycles. The monoisotopic (exact) mass is 270 g/mol. The normalized spacial score (nSPS) is 10.9. The van der Waals surface area contributed by atoms with Gasteiger partial charge < -0.3 is 10.0 Å². The van der Waals surface area contributed by atoms with E-state index >= 15 is 0 Å². The fourth-order valence-electron chi connectivity index (χ4n) is 1.37. The van der Waals surface area contributed by atoms with Crippen LogP contribution in [0.3, 0.4) is 0 Å². The molecule has 72 valence electrons. The van der Waals surface area contributed by atoms with Crippen molar-refractivity contribution >= 4 is 49.9 Å². The number of hydrogen-bond acceptors (Lipinski definition) is 3. The molecule has 0 saturated carbocycles. The third-order valence-corrected chi connectivity index (χ3v) is 4.48. The van der Waals surface area contributed by atoms with Gasteiger partial charge in [0.25, 0.3) is 0 Å². The molecule has 2 rings (SSSR count). The zero-order valence-corrected chi connectivity index (χ0v) is 9.89. The first-order chi connectivity index (χ1) is 6.59. The lowest BCUT2D eigenvalue weighted by Crippen LogP contribution is -2.29. The van der Waals surface area contributed by atoms with Crippen LogP contribution >= 0.6 is 27.3 Å². The summed E-state index contributed by atoms with van der Waals surface area (Å²) in [6.07, 6.45) is 0. The first kappa shape index (κ1) is 10.2. The zero-order valence-electron chi connectivity index (χ0n) is 7.49. The summed E-state index contributed by atoms with van der Waals surface area (Å²) in [6, 6.07) is 5.44. The van der Waals surface area contributed by atoms with E-state index in [2.05, 4.69) is 15.9 Å². The quantitative estimate of drug-likeness (QED) is 0.774. The highest BCUT2D eigenvalue weighted by Crippen LogP contribution is 2.34. The SMILES string of the molecule is Cc1sc2ccc(B(O)O)cc2c1Br. The average Bonchev–Trinajstić information content (AvgIpc) is 2.43. The Bertz CT molecular complexity index is 481. The topological polar surface area (TPSA) is 40.5 Å². The third kappa shape index (κ3) is 1.61. The van der Waals surface area contributed by atoms with Crippen molar-refractivity contribution in [2.75, 3.05) is 0 Å². The minimum Gasteiger partial charge on any atom is -0.423 e. The molecule has 0 radical (unpaired) electrons. The van der Waals surface area contributed by atoms with Gasteiger partial charge in [0, 0.05) is 19.4 Å². The molecule has 0 unspecified atom stereocenters. The van der Waals surface area contributed by atoms with E-state index in [1.807, 2.05) is 13.0 Å². The summed E-state index contributed by atoms with van der Waals surface area (Å²) >= 11 is 5.17. The second-order valence-electron chi connectivity index (χ2n) is 3.10. The molecular formula is C9H8BBrO2S. The molecule has 0 saturated heterocycles. The van der Waals surface area contributed by atoms with E-state index in [1.165, 1.54) is 4.88 Å². The maximum Gasteiger partial charge on any atom is 0.488 e. The van der Waals surface area contributed by atoms with Crippen molar-refractivity contribution in [2.24, 2.45) is 0 Å². The second kappa shape index (κ2) is 3.66. The number of fused-ring (bicyclic) bond motifs is 1. The highest BCUT2D eigenvalue weighted by atomic mass is 79.9. The van der Waals surface area contributed by atoms with Gasteiger partial charge in [-0.05, 0) is 34.4 Å². The summed E-state index contributed by atoms with van der Waals surface area (Å²) in [5.74, 6) is 0. The summed E-state index contributed by atoms with van der Waals surface area (Å²) in [6.45, 7) is 2.03.